The number of pyridine rings is 1. The van der Waals surface area contributed by atoms with Gasteiger partial charge in [-0.05, 0) is 68.0 Å². The minimum absolute atomic E-state index is 0.0208. The zero-order valence-electron chi connectivity index (χ0n) is 29.4. The number of carbonyl (C=O) groups is 7. The van der Waals surface area contributed by atoms with E-state index in [1.807, 2.05) is 12.1 Å². The van der Waals surface area contributed by atoms with Crippen LogP contribution in [-0.2, 0) is 34.6 Å². The number of halogens is 2. The van der Waals surface area contributed by atoms with E-state index in [0.29, 0.717) is 61.4 Å². The largest absolute Gasteiger partial charge is 0.480 e. The van der Waals surface area contributed by atoms with Gasteiger partial charge in [0.1, 0.15) is 12.1 Å². The number of amides is 5. The van der Waals surface area contributed by atoms with E-state index in [2.05, 4.69) is 57.9 Å². The number of alkyl halides is 2. The molecule has 0 saturated carbocycles. The van der Waals surface area contributed by atoms with E-state index >= 15 is 0 Å². The molecule has 0 fully saturated rings. The van der Waals surface area contributed by atoms with Gasteiger partial charge in [-0.3, -0.25) is 24.2 Å². The first-order valence-electron chi connectivity index (χ1n) is 15.8. The molecule has 0 aliphatic carbocycles. The number of nitrogen functional groups attached to an aromatic ring is 1. The number of aromatic nitrogens is 1. The van der Waals surface area contributed by atoms with Crippen molar-refractivity contribution in [3.05, 3.63) is 53.3 Å². The van der Waals surface area contributed by atoms with Crippen molar-refractivity contribution in [3.8, 4) is 0 Å². The highest BCUT2D eigenvalue weighted by atomic mass is 79.9. The van der Waals surface area contributed by atoms with Crippen molar-refractivity contribution in [1.82, 2.24) is 10.3 Å². The number of unbranched alkanes of at least 4 members (excludes halogenated alkanes) is 1. The van der Waals surface area contributed by atoms with Gasteiger partial charge >= 0.3 is 30.0 Å². The number of benzene rings is 1. The topological polar surface area (TPSA) is 362 Å². The zero-order chi connectivity index (χ0) is 41.1. The van der Waals surface area contributed by atoms with Crippen LogP contribution in [-0.4, -0.2) is 75.7 Å². The number of carbonyl (C=O) groups excluding carboxylic acids is 5. The van der Waals surface area contributed by atoms with Crippen LogP contribution in [0.3, 0.4) is 0 Å². The molecule has 16 N–H and O–H groups in total. The maximum absolute atomic E-state index is 11.8. The third kappa shape index (κ3) is 27.5. The van der Waals surface area contributed by atoms with Crippen molar-refractivity contribution in [3.63, 3.8) is 0 Å². The lowest BCUT2D eigenvalue weighted by molar-refractivity contribution is -0.140. The first-order valence-corrected chi connectivity index (χ1v) is 18.0. The molecule has 2 unspecified atom stereocenters. The van der Waals surface area contributed by atoms with Gasteiger partial charge in [0, 0.05) is 41.4 Å². The maximum atomic E-state index is 11.8. The van der Waals surface area contributed by atoms with Gasteiger partial charge < -0.3 is 60.0 Å². The summed E-state index contributed by atoms with van der Waals surface area (Å²) in [6.07, 6.45) is 1.70. The molecule has 5 amide bonds. The van der Waals surface area contributed by atoms with Gasteiger partial charge in [-0.2, -0.15) is 0 Å². The van der Waals surface area contributed by atoms with E-state index < -0.39 is 42.1 Å². The zero-order valence-corrected chi connectivity index (χ0v) is 32.6. The van der Waals surface area contributed by atoms with Gasteiger partial charge in [0.05, 0.1) is 17.0 Å². The average molecular weight is 880 g/mol. The van der Waals surface area contributed by atoms with Gasteiger partial charge in [0.25, 0.3) is 0 Å². The minimum Gasteiger partial charge on any atom is -0.480 e. The highest BCUT2D eigenvalue weighted by molar-refractivity contribution is 9.08. The fourth-order valence-corrected chi connectivity index (χ4v) is 3.95. The van der Waals surface area contributed by atoms with Gasteiger partial charge in [-0.1, -0.05) is 45.7 Å². The molecule has 2 rings (SSSR count). The fraction of sp³-hybridized carbons (Fsp3) is 0.438. The average Bonchev–Trinajstić information content (AvgIpc) is 3.08. The molecule has 0 spiro atoms. The smallest absolute Gasteiger partial charge is 0.412 e. The summed E-state index contributed by atoms with van der Waals surface area (Å²) in [5, 5.41) is 23.0. The lowest BCUT2D eigenvalue weighted by atomic mass is 10.1. The predicted octanol–water partition coefficient (Wildman–Crippen LogP) is 2.26. The van der Waals surface area contributed by atoms with E-state index in [1.54, 1.807) is 13.8 Å². The number of nitrogens with one attached hydrogen (secondary N) is 2. The molecule has 1 aromatic heterocycles. The van der Waals surface area contributed by atoms with E-state index in [9.17, 15) is 33.6 Å². The summed E-state index contributed by atoms with van der Waals surface area (Å²) in [4.78, 5) is 78.3. The number of hydrogen-bond acceptors (Lipinski definition) is 12. The van der Waals surface area contributed by atoms with Crippen LogP contribution in [0.15, 0.2) is 36.4 Å². The lowest BCUT2D eigenvalue weighted by Gasteiger charge is -2.08. The van der Waals surface area contributed by atoms with Crippen molar-refractivity contribution in [2.24, 2.45) is 34.6 Å². The molecule has 296 valence electrons. The number of carboxylic acid groups (broad SMARTS) is 2. The summed E-state index contributed by atoms with van der Waals surface area (Å²) in [5.41, 5.74) is 33.4. The van der Waals surface area contributed by atoms with E-state index in [-0.39, 0.29) is 23.3 Å². The van der Waals surface area contributed by atoms with Crippen LogP contribution in [0.25, 0.3) is 0 Å². The molecule has 2 aromatic rings. The highest BCUT2D eigenvalue weighted by Gasteiger charge is 2.14. The van der Waals surface area contributed by atoms with Crippen molar-refractivity contribution >= 4 is 85.1 Å². The number of urea groups is 1. The molecule has 0 saturated heterocycles. The molecular formula is C32H49Br2N9O10. The summed E-state index contributed by atoms with van der Waals surface area (Å²) in [6.45, 7) is 3.91. The van der Waals surface area contributed by atoms with Crippen LogP contribution in [0, 0.1) is 5.92 Å². The summed E-state index contributed by atoms with van der Waals surface area (Å²) in [6, 6.07) is 7.43. The van der Waals surface area contributed by atoms with Gasteiger partial charge in [-0.25, -0.2) is 14.4 Å². The number of ether oxygens (including phenoxy) is 1. The Kier molecular flexibility index (Phi) is 27.2. The van der Waals surface area contributed by atoms with Crippen molar-refractivity contribution in [2.45, 2.75) is 75.1 Å². The van der Waals surface area contributed by atoms with E-state index in [0.717, 1.165) is 17.1 Å². The number of rotatable bonds is 16. The van der Waals surface area contributed by atoms with Crippen LogP contribution in [0.4, 0.5) is 21.0 Å². The lowest BCUT2D eigenvalue weighted by Crippen LogP contribution is -2.34. The summed E-state index contributed by atoms with van der Waals surface area (Å²) in [7, 11) is 0. The Morgan fingerprint density at radius 1 is 0.830 bits per heavy atom. The Labute approximate surface area is 323 Å². The predicted molar refractivity (Wildman–Crippen MR) is 205 cm³/mol. The van der Waals surface area contributed by atoms with Crippen LogP contribution >= 0.6 is 31.9 Å². The number of aliphatic carboxylic acids is 2. The molecule has 0 aliphatic heterocycles. The van der Waals surface area contributed by atoms with Crippen LogP contribution < -0.4 is 45.0 Å². The molecular weight excluding hydrogens is 830 g/mol. The van der Waals surface area contributed by atoms with Crippen LogP contribution in [0.5, 0.6) is 0 Å². The SMILES string of the molecule is CC(C)C(N)C(=O)O.NC(=O)CCCCC(=O)Nc1cc(CBr)nc(CBr)c1.NC(=O)NCCCC(N)C(=O)O.NC(=O)OC(=O)c1ccc(N)cc1. The first kappa shape index (κ1) is 50.2. The Morgan fingerprint density at radius 2 is 1.36 bits per heavy atom. The molecule has 2 atom stereocenters. The molecule has 1 heterocycles. The number of primary amides is 3. The second kappa shape index (κ2) is 28.7. The van der Waals surface area contributed by atoms with E-state index in [1.165, 1.54) is 24.3 Å². The molecule has 0 aliphatic rings. The summed E-state index contributed by atoms with van der Waals surface area (Å²) >= 11 is 6.70. The summed E-state index contributed by atoms with van der Waals surface area (Å²) < 4.78 is 4.14. The Balaban J connectivity index is 0. The normalized spacial score (nSPS) is 11.0. The Hall–Kier alpha value is -4.86. The van der Waals surface area contributed by atoms with E-state index in [4.69, 9.17) is 38.9 Å². The van der Waals surface area contributed by atoms with Crippen molar-refractivity contribution in [1.29, 1.82) is 0 Å². The Morgan fingerprint density at radius 3 is 1.75 bits per heavy atom. The van der Waals surface area contributed by atoms with Crippen LogP contribution in [0.2, 0.25) is 0 Å². The van der Waals surface area contributed by atoms with Crippen molar-refractivity contribution in [2.75, 3.05) is 17.6 Å². The number of carboxylic acids is 2. The Bertz CT molecular complexity index is 1460. The second-order valence-corrected chi connectivity index (χ2v) is 12.3. The molecule has 0 radical (unpaired) electrons. The second-order valence-electron chi connectivity index (χ2n) is 11.1. The van der Waals surface area contributed by atoms with Gasteiger partial charge in [0.15, 0.2) is 0 Å². The monoisotopic (exact) mass is 877 g/mol. The highest BCUT2D eigenvalue weighted by Crippen LogP contribution is 2.16. The molecule has 1 aromatic carbocycles. The third-order valence-electron chi connectivity index (χ3n) is 6.22. The first-order chi connectivity index (χ1) is 24.7. The number of nitrogens with two attached hydrogens (primary N) is 6. The third-order valence-corrected chi connectivity index (χ3v) is 7.37. The molecule has 53 heavy (non-hydrogen) atoms. The number of esters is 1. The van der Waals surface area contributed by atoms with Crippen LogP contribution in [0.1, 0.15) is 74.1 Å². The number of anilines is 2. The quantitative estimate of drug-likeness (QED) is 0.0380. The van der Waals surface area contributed by atoms with Crippen molar-refractivity contribution < 1.29 is 48.5 Å². The minimum atomic E-state index is -1.12. The fourth-order valence-electron chi connectivity index (χ4n) is 3.38. The standard InChI is InChI=1S/C13H17Br2N3O2.C8H8N2O3.C6H13N3O3.C5H11NO2/c14-7-10-5-9(6-11(8-15)17-10)18-13(20)4-2-1-3-12(16)19;9-6-3-1-5(2-4-6)7(11)13-8(10)12;7-4(5(10)11)2-1-3-9-6(8)12;1-3(2)4(6)5(7)8/h5-6H,1-4,7-8H2,(H2,16,19)(H,17,18,20);1-4H,9H2,(H2,10,12);4H,1-3,7H2,(H,10,11)(H3,8,9,12);3-4H,6H2,1-2H3,(H,7,8). The maximum Gasteiger partial charge on any atom is 0.412 e. The number of nitrogens with zero attached hydrogens (tertiary/aromatic N) is 1. The van der Waals surface area contributed by atoms with Gasteiger partial charge in [0.2, 0.25) is 11.8 Å². The molecule has 19 nitrogen and oxygen atoms in total. The summed E-state index contributed by atoms with van der Waals surface area (Å²) in [5.74, 6) is -3.13. The number of hydrogen-bond donors (Lipinski definition) is 10. The molecule has 21 heteroatoms. The molecule has 0 bridgehead atoms. The van der Waals surface area contributed by atoms with Gasteiger partial charge in [-0.15, -0.1) is 0 Å².